The highest BCUT2D eigenvalue weighted by atomic mass is 35.5. The van der Waals surface area contributed by atoms with Crippen molar-refractivity contribution < 1.29 is 9.90 Å². The molecule has 0 saturated heterocycles. The molecule has 120 valence electrons. The van der Waals surface area contributed by atoms with E-state index in [1.807, 2.05) is 18.2 Å². The molecule has 0 fully saturated rings. The average Bonchev–Trinajstić information content (AvgIpc) is 2.57. The minimum atomic E-state index is -1.09. The minimum absolute atomic E-state index is 0.0326. The highest BCUT2D eigenvalue weighted by molar-refractivity contribution is 6.32. The van der Waals surface area contributed by atoms with Crippen LogP contribution in [0.25, 0.3) is 17.8 Å². The molecule has 0 aliphatic carbocycles. The maximum atomic E-state index is 12.5. The zero-order valence-electron chi connectivity index (χ0n) is 12.7. The van der Waals surface area contributed by atoms with Crippen LogP contribution in [0.5, 0.6) is 0 Å². The summed E-state index contributed by atoms with van der Waals surface area (Å²) in [5.74, 6) is -1.09. The predicted molar refractivity (Wildman–Crippen MR) is 93.5 cm³/mol. The van der Waals surface area contributed by atoms with Crippen molar-refractivity contribution in [2.75, 3.05) is 0 Å². The molecule has 0 bridgehead atoms. The van der Waals surface area contributed by atoms with Gasteiger partial charge >= 0.3 is 5.97 Å². The summed E-state index contributed by atoms with van der Waals surface area (Å²) in [4.78, 5) is 27.9. The van der Waals surface area contributed by atoms with Gasteiger partial charge in [0.1, 0.15) is 5.65 Å². The first-order chi connectivity index (χ1) is 11.5. The maximum absolute atomic E-state index is 12.5. The van der Waals surface area contributed by atoms with Gasteiger partial charge in [-0.1, -0.05) is 35.9 Å². The van der Waals surface area contributed by atoms with E-state index in [1.54, 1.807) is 25.1 Å². The summed E-state index contributed by atoms with van der Waals surface area (Å²) in [6.45, 7) is 1.65. The second kappa shape index (κ2) is 6.29. The molecule has 0 amide bonds. The fourth-order valence-electron chi connectivity index (χ4n) is 2.31. The summed E-state index contributed by atoms with van der Waals surface area (Å²) < 4.78 is 1.24. The standard InChI is InChI=1S/C18H13ClN2O3/c1-11-15(8-6-12-4-2-3-5-14(12)19)20-16-9-7-13(18(23)24)10-21(16)17(11)22/h2-10H,1H3,(H,23,24)/b8-6+. The van der Waals surface area contributed by atoms with Gasteiger partial charge in [-0.25, -0.2) is 9.78 Å². The molecule has 0 aliphatic heterocycles. The van der Waals surface area contributed by atoms with Crippen LogP contribution in [-0.4, -0.2) is 20.5 Å². The summed E-state index contributed by atoms with van der Waals surface area (Å²) in [6.07, 6.45) is 4.80. The van der Waals surface area contributed by atoms with E-state index < -0.39 is 5.97 Å². The molecule has 0 atom stereocenters. The normalized spacial score (nSPS) is 11.2. The largest absolute Gasteiger partial charge is 0.478 e. The van der Waals surface area contributed by atoms with Crippen LogP contribution in [0.15, 0.2) is 47.4 Å². The first-order valence-corrected chi connectivity index (χ1v) is 7.54. The van der Waals surface area contributed by atoms with Gasteiger partial charge in [0.05, 0.1) is 11.3 Å². The predicted octanol–water partition coefficient (Wildman–Crippen LogP) is 3.52. The average molecular weight is 341 g/mol. The molecule has 0 unspecified atom stereocenters. The van der Waals surface area contributed by atoms with Crippen LogP contribution in [0.1, 0.15) is 27.2 Å². The molecule has 6 heteroatoms. The van der Waals surface area contributed by atoms with Crippen LogP contribution in [0.3, 0.4) is 0 Å². The third-order valence-electron chi connectivity index (χ3n) is 3.66. The molecule has 3 aromatic rings. The Bertz CT molecular complexity index is 1040. The zero-order valence-corrected chi connectivity index (χ0v) is 13.5. The molecule has 2 aromatic heterocycles. The van der Waals surface area contributed by atoms with E-state index in [1.165, 1.54) is 22.7 Å². The molecule has 24 heavy (non-hydrogen) atoms. The van der Waals surface area contributed by atoms with Gasteiger partial charge in [-0.15, -0.1) is 0 Å². The second-order valence-corrected chi connectivity index (χ2v) is 5.64. The lowest BCUT2D eigenvalue weighted by Crippen LogP contribution is -2.20. The Labute approximate surface area is 142 Å². The number of benzene rings is 1. The smallest absolute Gasteiger partial charge is 0.337 e. The van der Waals surface area contributed by atoms with Crippen molar-refractivity contribution >= 4 is 35.4 Å². The molecular weight excluding hydrogens is 328 g/mol. The van der Waals surface area contributed by atoms with Crippen molar-refractivity contribution in [1.82, 2.24) is 9.38 Å². The van der Waals surface area contributed by atoms with Gasteiger partial charge in [-0.2, -0.15) is 0 Å². The lowest BCUT2D eigenvalue weighted by molar-refractivity contribution is 0.0696. The maximum Gasteiger partial charge on any atom is 0.337 e. The van der Waals surface area contributed by atoms with Crippen molar-refractivity contribution in [3.8, 4) is 0 Å². The first kappa shape index (κ1) is 16.0. The van der Waals surface area contributed by atoms with Gasteiger partial charge in [-0.3, -0.25) is 9.20 Å². The highest BCUT2D eigenvalue weighted by Crippen LogP contribution is 2.18. The van der Waals surface area contributed by atoms with Crippen molar-refractivity contribution in [1.29, 1.82) is 0 Å². The number of halogens is 1. The Hall–Kier alpha value is -2.92. The Kier molecular flexibility index (Phi) is 4.18. The number of nitrogens with zero attached hydrogens (tertiary/aromatic N) is 2. The zero-order chi connectivity index (χ0) is 17.3. The number of carbonyl (C=O) groups is 1. The number of hydrogen-bond acceptors (Lipinski definition) is 3. The summed E-state index contributed by atoms with van der Waals surface area (Å²) in [6, 6.07) is 10.3. The molecule has 3 rings (SSSR count). The first-order valence-electron chi connectivity index (χ1n) is 7.16. The van der Waals surface area contributed by atoms with Crippen LogP contribution in [-0.2, 0) is 0 Å². The Balaban J connectivity index is 2.12. The van der Waals surface area contributed by atoms with Crippen LogP contribution < -0.4 is 5.56 Å². The van der Waals surface area contributed by atoms with E-state index in [0.717, 1.165) is 5.56 Å². The van der Waals surface area contributed by atoms with Crippen molar-refractivity contribution in [3.63, 3.8) is 0 Å². The Morgan fingerprint density at radius 1 is 1.21 bits per heavy atom. The van der Waals surface area contributed by atoms with E-state index in [-0.39, 0.29) is 11.1 Å². The molecule has 1 N–H and O–H groups in total. The van der Waals surface area contributed by atoms with Gasteiger partial charge in [-0.05, 0) is 36.8 Å². The van der Waals surface area contributed by atoms with Gasteiger partial charge in [0.15, 0.2) is 0 Å². The summed E-state index contributed by atoms with van der Waals surface area (Å²) in [7, 11) is 0. The second-order valence-electron chi connectivity index (χ2n) is 5.23. The number of carboxylic acids is 1. The number of rotatable bonds is 3. The summed E-state index contributed by atoms with van der Waals surface area (Å²) >= 11 is 6.11. The SMILES string of the molecule is Cc1c(/C=C/c2ccccc2Cl)nc2ccc(C(=O)O)cn2c1=O. The minimum Gasteiger partial charge on any atom is -0.478 e. The molecular formula is C18H13ClN2O3. The van der Waals surface area contributed by atoms with Gasteiger partial charge in [0.25, 0.3) is 5.56 Å². The van der Waals surface area contributed by atoms with E-state index in [0.29, 0.717) is 21.9 Å². The van der Waals surface area contributed by atoms with Crippen molar-refractivity contribution in [3.05, 3.63) is 80.4 Å². The number of carboxylic acid groups (broad SMARTS) is 1. The lowest BCUT2D eigenvalue weighted by Gasteiger charge is -2.06. The van der Waals surface area contributed by atoms with Crippen LogP contribution >= 0.6 is 11.6 Å². The molecule has 5 nitrogen and oxygen atoms in total. The summed E-state index contributed by atoms with van der Waals surface area (Å²) in [5, 5.41) is 9.64. The fraction of sp³-hybridized carbons (Fsp3) is 0.0556. The molecule has 0 aliphatic rings. The quantitative estimate of drug-likeness (QED) is 0.791. The van der Waals surface area contributed by atoms with E-state index in [9.17, 15) is 9.59 Å². The summed E-state index contributed by atoms with van der Waals surface area (Å²) in [5.41, 5.74) is 1.88. The fourth-order valence-corrected chi connectivity index (χ4v) is 2.51. The molecule has 0 saturated carbocycles. The Morgan fingerprint density at radius 2 is 1.96 bits per heavy atom. The number of aromatic carboxylic acids is 1. The third kappa shape index (κ3) is 2.94. The van der Waals surface area contributed by atoms with Crippen molar-refractivity contribution in [2.45, 2.75) is 6.92 Å². The number of fused-ring (bicyclic) bond motifs is 1. The van der Waals surface area contributed by atoms with Crippen LogP contribution in [0, 0.1) is 6.92 Å². The molecule has 0 spiro atoms. The number of hydrogen-bond donors (Lipinski definition) is 1. The van der Waals surface area contributed by atoms with Crippen molar-refractivity contribution in [2.24, 2.45) is 0 Å². The molecule has 2 heterocycles. The van der Waals surface area contributed by atoms with Crippen LogP contribution in [0.4, 0.5) is 0 Å². The van der Waals surface area contributed by atoms with Crippen LogP contribution in [0.2, 0.25) is 5.02 Å². The topological polar surface area (TPSA) is 71.7 Å². The lowest BCUT2D eigenvalue weighted by atomic mass is 10.1. The highest BCUT2D eigenvalue weighted by Gasteiger charge is 2.10. The van der Waals surface area contributed by atoms with Gasteiger partial charge in [0, 0.05) is 16.8 Å². The number of pyridine rings is 1. The molecule has 1 aromatic carbocycles. The monoisotopic (exact) mass is 340 g/mol. The van der Waals surface area contributed by atoms with E-state index in [4.69, 9.17) is 16.7 Å². The molecule has 0 radical (unpaired) electrons. The van der Waals surface area contributed by atoms with Gasteiger partial charge in [0.2, 0.25) is 0 Å². The van der Waals surface area contributed by atoms with E-state index >= 15 is 0 Å². The number of aromatic nitrogens is 2. The van der Waals surface area contributed by atoms with Gasteiger partial charge < -0.3 is 5.11 Å². The van der Waals surface area contributed by atoms with E-state index in [2.05, 4.69) is 4.98 Å². The Morgan fingerprint density at radius 3 is 2.67 bits per heavy atom. The third-order valence-corrected chi connectivity index (χ3v) is 4.00.